The van der Waals surface area contributed by atoms with Crippen molar-refractivity contribution >= 4 is 0 Å². The highest BCUT2D eigenvalue weighted by molar-refractivity contribution is 5.21. The van der Waals surface area contributed by atoms with E-state index in [9.17, 15) is 0 Å². The SMILES string of the molecule is CCC1C(NCCOC)NNC1c1ccccc1. The molecule has 1 aromatic carbocycles. The molecule has 0 aromatic heterocycles. The summed E-state index contributed by atoms with van der Waals surface area (Å²) in [6.45, 7) is 3.85. The molecule has 0 bridgehead atoms. The summed E-state index contributed by atoms with van der Waals surface area (Å²) < 4.78 is 5.07. The third-order valence-corrected chi connectivity index (χ3v) is 3.55. The fourth-order valence-corrected chi connectivity index (χ4v) is 2.57. The van der Waals surface area contributed by atoms with E-state index in [1.807, 2.05) is 0 Å². The first-order valence-corrected chi connectivity index (χ1v) is 6.65. The van der Waals surface area contributed by atoms with Crippen molar-refractivity contribution in [3.05, 3.63) is 35.9 Å². The molecule has 0 aliphatic carbocycles. The van der Waals surface area contributed by atoms with Gasteiger partial charge in [-0.25, -0.2) is 10.9 Å². The molecule has 2 rings (SSSR count). The number of hydrogen-bond acceptors (Lipinski definition) is 4. The summed E-state index contributed by atoms with van der Waals surface area (Å²) in [4.78, 5) is 0. The molecule has 1 aromatic rings. The Labute approximate surface area is 109 Å². The minimum atomic E-state index is 0.301. The molecular weight excluding hydrogens is 226 g/mol. The van der Waals surface area contributed by atoms with Gasteiger partial charge in [0, 0.05) is 19.6 Å². The summed E-state index contributed by atoms with van der Waals surface area (Å²) in [5, 5.41) is 3.48. The Morgan fingerprint density at radius 2 is 2.00 bits per heavy atom. The van der Waals surface area contributed by atoms with Gasteiger partial charge in [0.05, 0.1) is 18.8 Å². The zero-order valence-corrected chi connectivity index (χ0v) is 11.1. The average molecular weight is 249 g/mol. The molecule has 1 aliphatic rings. The monoisotopic (exact) mass is 249 g/mol. The minimum Gasteiger partial charge on any atom is -0.383 e. The molecule has 1 heterocycles. The molecule has 0 saturated carbocycles. The molecule has 0 amide bonds. The third-order valence-electron chi connectivity index (χ3n) is 3.55. The van der Waals surface area contributed by atoms with Crippen molar-refractivity contribution in [3.63, 3.8) is 0 Å². The van der Waals surface area contributed by atoms with Gasteiger partial charge in [-0.3, -0.25) is 5.32 Å². The van der Waals surface area contributed by atoms with Crippen LogP contribution in [0.1, 0.15) is 24.9 Å². The highest BCUT2D eigenvalue weighted by atomic mass is 16.5. The molecule has 3 N–H and O–H groups in total. The van der Waals surface area contributed by atoms with E-state index < -0.39 is 0 Å². The van der Waals surface area contributed by atoms with Crippen molar-refractivity contribution in [2.24, 2.45) is 5.92 Å². The predicted octanol–water partition coefficient (Wildman–Crippen LogP) is 1.42. The number of methoxy groups -OCH3 is 1. The smallest absolute Gasteiger partial charge is 0.0752 e. The maximum Gasteiger partial charge on any atom is 0.0752 e. The van der Waals surface area contributed by atoms with E-state index in [1.165, 1.54) is 5.56 Å². The topological polar surface area (TPSA) is 45.3 Å². The molecule has 1 aliphatic heterocycles. The van der Waals surface area contributed by atoms with Crippen molar-refractivity contribution in [2.45, 2.75) is 25.6 Å². The van der Waals surface area contributed by atoms with E-state index in [2.05, 4.69) is 53.4 Å². The minimum absolute atomic E-state index is 0.301. The summed E-state index contributed by atoms with van der Waals surface area (Å²) >= 11 is 0. The number of ether oxygens (including phenoxy) is 1. The largest absolute Gasteiger partial charge is 0.383 e. The lowest BCUT2D eigenvalue weighted by molar-refractivity contribution is 0.189. The molecule has 3 unspecified atom stereocenters. The number of hydrogen-bond donors (Lipinski definition) is 3. The quantitative estimate of drug-likeness (QED) is 0.667. The zero-order valence-electron chi connectivity index (χ0n) is 11.1. The predicted molar refractivity (Wildman–Crippen MR) is 72.9 cm³/mol. The molecule has 18 heavy (non-hydrogen) atoms. The van der Waals surface area contributed by atoms with Gasteiger partial charge < -0.3 is 4.74 Å². The van der Waals surface area contributed by atoms with Crippen LogP contribution in [0.15, 0.2) is 30.3 Å². The first kappa shape index (κ1) is 13.5. The van der Waals surface area contributed by atoms with E-state index in [0.717, 1.165) is 19.6 Å². The van der Waals surface area contributed by atoms with Crippen LogP contribution < -0.4 is 16.2 Å². The number of benzene rings is 1. The van der Waals surface area contributed by atoms with Crippen LogP contribution >= 0.6 is 0 Å². The van der Waals surface area contributed by atoms with Crippen molar-refractivity contribution in [3.8, 4) is 0 Å². The van der Waals surface area contributed by atoms with Crippen LogP contribution in [0.2, 0.25) is 0 Å². The summed E-state index contributed by atoms with van der Waals surface area (Å²) in [5.74, 6) is 0.546. The second kappa shape index (κ2) is 6.85. The number of nitrogens with one attached hydrogen (secondary N) is 3. The normalized spacial score (nSPS) is 27.6. The molecule has 100 valence electrons. The Kier molecular flexibility index (Phi) is 5.13. The summed E-state index contributed by atoms with van der Waals surface area (Å²) in [5.41, 5.74) is 8.09. The van der Waals surface area contributed by atoms with Crippen LogP contribution in [0.5, 0.6) is 0 Å². The summed E-state index contributed by atoms with van der Waals surface area (Å²) in [7, 11) is 1.73. The lowest BCUT2D eigenvalue weighted by atomic mass is 9.90. The van der Waals surface area contributed by atoms with Gasteiger partial charge in [0.1, 0.15) is 0 Å². The highest BCUT2D eigenvalue weighted by Crippen LogP contribution is 2.29. The van der Waals surface area contributed by atoms with E-state index in [0.29, 0.717) is 18.1 Å². The van der Waals surface area contributed by atoms with E-state index in [1.54, 1.807) is 7.11 Å². The fourth-order valence-electron chi connectivity index (χ4n) is 2.57. The molecule has 0 radical (unpaired) electrons. The summed E-state index contributed by atoms with van der Waals surface area (Å²) in [6, 6.07) is 11.0. The fraction of sp³-hybridized carbons (Fsp3) is 0.571. The van der Waals surface area contributed by atoms with Gasteiger partial charge in [0.15, 0.2) is 0 Å². The lowest BCUT2D eigenvalue weighted by Crippen LogP contribution is -2.45. The molecule has 1 fully saturated rings. The number of hydrazine groups is 1. The molecular formula is C14H23N3O. The summed E-state index contributed by atoms with van der Waals surface area (Å²) in [6.07, 6.45) is 1.43. The van der Waals surface area contributed by atoms with Crippen molar-refractivity contribution < 1.29 is 4.74 Å². The van der Waals surface area contributed by atoms with Crippen LogP contribution in [0, 0.1) is 5.92 Å². The lowest BCUT2D eigenvalue weighted by Gasteiger charge is -2.22. The van der Waals surface area contributed by atoms with Crippen LogP contribution in [-0.4, -0.2) is 26.4 Å². The van der Waals surface area contributed by atoms with E-state index in [-0.39, 0.29) is 0 Å². The highest BCUT2D eigenvalue weighted by Gasteiger charge is 2.34. The van der Waals surface area contributed by atoms with Gasteiger partial charge in [-0.05, 0) is 12.0 Å². The van der Waals surface area contributed by atoms with E-state index >= 15 is 0 Å². The zero-order chi connectivity index (χ0) is 12.8. The van der Waals surface area contributed by atoms with Crippen molar-refractivity contribution in [1.82, 2.24) is 16.2 Å². The van der Waals surface area contributed by atoms with Gasteiger partial charge in [-0.15, -0.1) is 0 Å². The van der Waals surface area contributed by atoms with Gasteiger partial charge >= 0.3 is 0 Å². The maximum atomic E-state index is 5.07. The maximum absolute atomic E-state index is 5.07. The first-order chi connectivity index (χ1) is 8.86. The van der Waals surface area contributed by atoms with Gasteiger partial charge in [-0.1, -0.05) is 37.3 Å². The average Bonchev–Trinajstić information content (AvgIpc) is 2.83. The Bertz CT molecular complexity index is 344. The molecule has 4 nitrogen and oxygen atoms in total. The standard InChI is InChI=1S/C14H23N3O/c1-3-12-13(11-7-5-4-6-8-11)16-17-14(12)15-9-10-18-2/h4-8,12-17H,3,9-10H2,1-2H3. The Morgan fingerprint density at radius 1 is 1.22 bits per heavy atom. The second-order valence-electron chi connectivity index (χ2n) is 4.67. The molecule has 4 heteroatoms. The second-order valence-corrected chi connectivity index (χ2v) is 4.67. The van der Waals surface area contributed by atoms with Crippen molar-refractivity contribution in [1.29, 1.82) is 0 Å². The van der Waals surface area contributed by atoms with Crippen LogP contribution in [0.4, 0.5) is 0 Å². The number of rotatable bonds is 6. The molecule has 3 atom stereocenters. The van der Waals surface area contributed by atoms with Gasteiger partial charge in [0.25, 0.3) is 0 Å². The molecule has 1 saturated heterocycles. The third kappa shape index (κ3) is 3.09. The van der Waals surface area contributed by atoms with E-state index in [4.69, 9.17) is 4.74 Å². The van der Waals surface area contributed by atoms with Crippen LogP contribution in [0.25, 0.3) is 0 Å². The first-order valence-electron chi connectivity index (χ1n) is 6.65. The van der Waals surface area contributed by atoms with Gasteiger partial charge in [0.2, 0.25) is 0 Å². The van der Waals surface area contributed by atoms with Crippen LogP contribution in [0.3, 0.4) is 0 Å². The molecule has 0 spiro atoms. The van der Waals surface area contributed by atoms with Crippen molar-refractivity contribution in [2.75, 3.05) is 20.3 Å². The Morgan fingerprint density at radius 3 is 2.67 bits per heavy atom. The Balaban J connectivity index is 1.97. The van der Waals surface area contributed by atoms with Crippen LogP contribution in [-0.2, 0) is 4.74 Å². The van der Waals surface area contributed by atoms with Gasteiger partial charge in [-0.2, -0.15) is 0 Å². The Hall–Kier alpha value is -0.940.